The average Bonchev–Trinajstić information content (AvgIpc) is 2.85. The third-order valence-electron chi connectivity index (χ3n) is 3.24. The van der Waals surface area contributed by atoms with Crippen molar-refractivity contribution in [2.75, 3.05) is 0 Å². The number of sulfonamides is 1. The molecule has 9 heteroatoms. The minimum atomic E-state index is -3.89. The van der Waals surface area contributed by atoms with Crippen molar-refractivity contribution in [3.63, 3.8) is 0 Å². The van der Waals surface area contributed by atoms with E-state index in [0.29, 0.717) is 16.6 Å². The largest absolute Gasteiger partial charge is 0.323 e. The van der Waals surface area contributed by atoms with E-state index >= 15 is 0 Å². The van der Waals surface area contributed by atoms with Gasteiger partial charge >= 0.3 is 5.69 Å². The number of benzene rings is 2. The number of halogens is 2. The zero-order valence-corrected chi connectivity index (χ0v) is 13.1. The van der Waals surface area contributed by atoms with E-state index in [2.05, 4.69) is 14.7 Å². The lowest BCUT2D eigenvalue weighted by atomic mass is 10.2. The molecule has 0 aliphatic heterocycles. The molecule has 0 amide bonds. The molecule has 0 spiro atoms. The molecule has 0 bridgehead atoms. The number of hydrogen-bond donors (Lipinski definition) is 3. The Kier molecular flexibility index (Phi) is 3.97. The van der Waals surface area contributed by atoms with Gasteiger partial charge in [0.15, 0.2) is 0 Å². The fourth-order valence-corrected chi connectivity index (χ4v) is 3.67. The molecule has 1 heterocycles. The summed E-state index contributed by atoms with van der Waals surface area (Å²) < 4.78 is 40.0. The van der Waals surface area contributed by atoms with Gasteiger partial charge in [0.1, 0.15) is 10.7 Å². The molecule has 120 valence electrons. The molecule has 0 saturated heterocycles. The van der Waals surface area contributed by atoms with Crippen LogP contribution in [0.4, 0.5) is 4.39 Å². The Labute approximate surface area is 135 Å². The fraction of sp³-hybridized carbons (Fsp3) is 0.0714. The summed E-state index contributed by atoms with van der Waals surface area (Å²) in [5.74, 6) is -0.401. The van der Waals surface area contributed by atoms with E-state index in [4.69, 9.17) is 11.6 Å². The molecule has 3 aromatic rings. The standard InChI is InChI=1S/C14H11ClFN3O3S/c15-10-5-11-12(19-14(20)18-11)6-13(10)23(21,22)17-7-8-1-3-9(16)4-2-8/h1-6,17H,7H2,(H2,18,19,20). The predicted octanol–water partition coefficient (Wildman–Crippen LogP) is 2.13. The number of hydrogen-bond acceptors (Lipinski definition) is 3. The maximum atomic E-state index is 12.8. The lowest BCUT2D eigenvalue weighted by molar-refractivity contribution is 0.581. The van der Waals surface area contributed by atoms with Gasteiger partial charge in [-0.1, -0.05) is 23.7 Å². The van der Waals surface area contributed by atoms with Gasteiger partial charge in [0.2, 0.25) is 10.0 Å². The SMILES string of the molecule is O=c1[nH]c2cc(Cl)c(S(=O)(=O)NCc3ccc(F)cc3)cc2[nH]1. The summed E-state index contributed by atoms with van der Waals surface area (Å²) in [6.45, 7) is -0.0133. The van der Waals surface area contributed by atoms with Gasteiger partial charge in [-0.2, -0.15) is 0 Å². The Hall–Kier alpha value is -2.16. The third kappa shape index (κ3) is 3.29. The van der Waals surface area contributed by atoms with Crippen molar-refractivity contribution in [1.82, 2.24) is 14.7 Å². The summed E-state index contributed by atoms with van der Waals surface area (Å²) in [4.78, 5) is 16.1. The highest BCUT2D eigenvalue weighted by molar-refractivity contribution is 7.89. The van der Waals surface area contributed by atoms with Gasteiger partial charge < -0.3 is 9.97 Å². The molecule has 3 N–H and O–H groups in total. The lowest BCUT2D eigenvalue weighted by Crippen LogP contribution is -2.23. The molecule has 0 radical (unpaired) electrons. The molecule has 1 aromatic heterocycles. The van der Waals surface area contributed by atoms with Crippen molar-refractivity contribution >= 4 is 32.7 Å². The lowest BCUT2D eigenvalue weighted by Gasteiger charge is -2.08. The van der Waals surface area contributed by atoms with Crippen molar-refractivity contribution < 1.29 is 12.8 Å². The van der Waals surface area contributed by atoms with Crippen LogP contribution in [-0.2, 0) is 16.6 Å². The van der Waals surface area contributed by atoms with Crippen LogP contribution in [0.3, 0.4) is 0 Å². The molecular weight excluding hydrogens is 345 g/mol. The van der Waals surface area contributed by atoms with Gasteiger partial charge in [0.25, 0.3) is 0 Å². The topological polar surface area (TPSA) is 94.8 Å². The second-order valence-electron chi connectivity index (χ2n) is 4.86. The minimum absolute atomic E-state index is 0.0133. The molecule has 6 nitrogen and oxygen atoms in total. The van der Waals surface area contributed by atoms with Crippen molar-refractivity contribution in [3.05, 3.63) is 63.3 Å². The van der Waals surface area contributed by atoms with E-state index in [-0.39, 0.29) is 16.5 Å². The van der Waals surface area contributed by atoms with Crippen LogP contribution in [0, 0.1) is 5.82 Å². The molecule has 0 unspecified atom stereocenters. The smallest absolute Gasteiger partial charge is 0.306 e. The van der Waals surface area contributed by atoms with Crippen LogP contribution in [0.5, 0.6) is 0 Å². The van der Waals surface area contributed by atoms with E-state index in [9.17, 15) is 17.6 Å². The zero-order chi connectivity index (χ0) is 16.6. The number of imidazole rings is 1. The molecule has 23 heavy (non-hydrogen) atoms. The molecule has 0 saturated carbocycles. The van der Waals surface area contributed by atoms with E-state index in [0.717, 1.165) is 0 Å². The zero-order valence-electron chi connectivity index (χ0n) is 11.6. The Bertz CT molecular complexity index is 1030. The summed E-state index contributed by atoms with van der Waals surface area (Å²) >= 11 is 5.99. The molecule has 0 aliphatic carbocycles. The Morgan fingerprint density at radius 1 is 1.09 bits per heavy atom. The van der Waals surface area contributed by atoms with Crippen LogP contribution in [0.1, 0.15) is 5.56 Å². The Balaban J connectivity index is 1.91. The van der Waals surface area contributed by atoms with Crippen molar-refractivity contribution in [2.24, 2.45) is 0 Å². The Morgan fingerprint density at radius 2 is 1.70 bits per heavy atom. The highest BCUT2D eigenvalue weighted by atomic mass is 35.5. The van der Waals surface area contributed by atoms with Gasteiger partial charge in [-0.3, -0.25) is 0 Å². The van der Waals surface area contributed by atoms with Gasteiger partial charge in [0, 0.05) is 6.54 Å². The summed E-state index contributed by atoms with van der Waals surface area (Å²) in [6.07, 6.45) is 0. The maximum absolute atomic E-state index is 12.8. The summed E-state index contributed by atoms with van der Waals surface area (Å²) in [5, 5.41) is -0.0145. The fourth-order valence-electron chi connectivity index (χ4n) is 2.10. The van der Waals surface area contributed by atoms with Crippen LogP contribution >= 0.6 is 11.6 Å². The summed E-state index contributed by atoms with van der Waals surface area (Å²) in [6, 6.07) is 8.09. The second kappa shape index (κ2) is 5.80. The minimum Gasteiger partial charge on any atom is -0.306 e. The monoisotopic (exact) mass is 355 g/mol. The first-order valence-corrected chi connectivity index (χ1v) is 8.37. The predicted molar refractivity (Wildman–Crippen MR) is 84.4 cm³/mol. The number of fused-ring (bicyclic) bond motifs is 1. The molecule has 0 fully saturated rings. The molecular formula is C14H11ClFN3O3S. The Morgan fingerprint density at radius 3 is 2.35 bits per heavy atom. The molecule has 3 rings (SSSR count). The number of aromatic nitrogens is 2. The number of H-pyrrole nitrogens is 2. The van der Waals surface area contributed by atoms with Gasteiger partial charge in [0.05, 0.1) is 16.1 Å². The van der Waals surface area contributed by atoms with E-state index < -0.39 is 21.5 Å². The summed E-state index contributed by atoms with van der Waals surface area (Å²) in [5.41, 5.74) is 0.895. The number of aromatic amines is 2. The first kappa shape index (κ1) is 15.7. The number of rotatable bonds is 4. The van der Waals surface area contributed by atoms with Crippen LogP contribution < -0.4 is 10.4 Å². The highest BCUT2D eigenvalue weighted by Crippen LogP contribution is 2.25. The van der Waals surface area contributed by atoms with Gasteiger partial charge in [-0.15, -0.1) is 0 Å². The normalized spacial score (nSPS) is 11.9. The van der Waals surface area contributed by atoms with Gasteiger partial charge in [-0.25, -0.2) is 22.3 Å². The average molecular weight is 356 g/mol. The third-order valence-corrected chi connectivity index (χ3v) is 5.10. The van der Waals surface area contributed by atoms with Gasteiger partial charge in [-0.05, 0) is 29.8 Å². The summed E-state index contributed by atoms with van der Waals surface area (Å²) in [7, 11) is -3.89. The molecule has 0 atom stereocenters. The first-order valence-electron chi connectivity index (χ1n) is 6.51. The maximum Gasteiger partial charge on any atom is 0.323 e. The molecule has 0 aliphatic rings. The number of nitrogens with one attached hydrogen (secondary N) is 3. The quantitative estimate of drug-likeness (QED) is 0.669. The second-order valence-corrected chi connectivity index (χ2v) is 7.00. The van der Waals surface area contributed by atoms with E-state index in [1.807, 2.05) is 0 Å². The van der Waals surface area contributed by atoms with Crippen LogP contribution in [-0.4, -0.2) is 18.4 Å². The van der Waals surface area contributed by atoms with Crippen molar-refractivity contribution in [1.29, 1.82) is 0 Å². The van der Waals surface area contributed by atoms with Crippen LogP contribution in [0.15, 0.2) is 46.1 Å². The van der Waals surface area contributed by atoms with E-state index in [1.54, 1.807) is 0 Å². The van der Waals surface area contributed by atoms with Crippen LogP contribution in [0.25, 0.3) is 11.0 Å². The van der Waals surface area contributed by atoms with Crippen molar-refractivity contribution in [2.45, 2.75) is 11.4 Å². The van der Waals surface area contributed by atoms with Crippen molar-refractivity contribution in [3.8, 4) is 0 Å². The highest BCUT2D eigenvalue weighted by Gasteiger charge is 2.19. The van der Waals surface area contributed by atoms with E-state index in [1.165, 1.54) is 36.4 Å². The first-order chi connectivity index (χ1) is 10.8. The molecule has 2 aromatic carbocycles. The van der Waals surface area contributed by atoms with Crippen LogP contribution in [0.2, 0.25) is 5.02 Å².